The van der Waals surface area contributed by atoms with Crippen LogP contribution >= 0.6 is 0 Å². The Morgan fingerprint density at radius 1 is 1.19 bits per heavy atom. The molecule has 0 saturated carbocycles. The van der Waals surface area contributed by atoms with Gasteiger partial charge in [-0.2, -0.15) is 13.2 Å². The number of halogens is 3. The van der Waals surface area contributed by atoms with E-state index in [9.17, 15) is 13.2 Å². The van der Waals surface area contributed by atoms with Crippen LogP contribution in [0, 0.1) is 0 Å². The van der Waals surface area contributed by atoms with Gasteiger partial charge in [-0.15, -0.1) is 0 Å². The van der Waals surface area contributed by atoms with Gasteiger partial charge in [0, 0.05) is 18.1 Å². The number of fused-ring (bicyclic) bond motifs is 1. The predicted octanol–water partition coefficient (Wildman–Crippen LogP) is 2.71. The van der Waals surface area contributed by atoms with Crippen LogP contribution in [0.5, 0.6) is 0 Å². The van der Waals surface area contributed by atoms with Gasteiger partial charge < -0.3 is 5.73 Å². The number of hydrogen-bond donors (Lipinski definition) is 1. The van der Waals surface area contributed by atoms with Gasteiger partial charge in [0.15, 0.2) is 0 Å². The quantitative estimate of drug-likeness (QED) is 0.811. The van der Waals surface area contributed by atoms with Gasteiger partial charge in [0.2, 0.25) is 0 Å². The maximum Gasteiger partial charge on any atom is 0.416 e. The Morgan fingerprint density at radius 3 is 2.56 bits per heavy atom. The summed E-state index contributed by atoms with van der Waals surface area (Å²) in [5.74, 6) is 0. The summed E-state index contributed by atoms with van der Waals surface area (Å²) >= 11 is 0. The molecule has 2 aromatic rings. The second-order valence-electron chi connectivity index (χ2n) is 3.45. The highest BCUT2D eigenvalue weighted by atomic mass is 19.4. The van der Waals surface area contributed by atoms with E-state index in [-0.39, 0.29) is 0 Å². The van der Waals surface area contributed by atoms with Gasteiger partial charge in [-0.3, -0.25) is 4.98 Å². The zero-order valence-corrected chi connectivity index (χ0v) is 8.25. The molecule has 0 aliphatic rings. The summed E-state index contributed by atoms with van der Waals surface area (Å²) in [5, 5.41) is 0.663. The first kappa shape index (κ1) is 10.9. The highest BCUT2D eigenvalue weighted by Gasteiger charge is 2.30. The maximum atomic E-state index is 12.4. The molecule has 0 aliphatic carbocycles. The average Bonchev–Trinajstić information content (AvgIpc) is 2.26. The summed E-state index contributed by atoms with van der Waals surface area (Å²) in [5.41, 5.74) is 5.86. The van der Waals surface area contributed by atoms with Crippen molar-refractivity contribution in [1.82, 2.24) is 4.98 Å². The van der Waals surface area contributed by atoms with Gasteiger partial charge in [0.1, 0.15) is 0 Å². The Hall–Kier alpha value is -1.62. The molecule has 84 valence electrons. The minimum Gasteiger partial charge on any atom is -0.326 e. The number of hydrogen-bond acceptors (Lipinski definition) is 2. The molecule has 1 aromatic heterocycles. The number of nitrogens with two attached hydrogens (primary N) is 1. The monoisotopic (exact) mass is 226 g/mol. The molecular weight excluding hydrogens is 217 g/mol. The molecule has 2 rings (SSSR count). The third-order valence-corrected chi connectivity index (χ3v) is 2.30. The second-order valence-corrected chi connectivity index (χ2v) is 3.45. The van der Waals surface area contributed by atoms with E-state index in [2.05, 4.69) is 4.98 Å². The molecule has 16 heavy (non-hydrogen) atoms. The molecule has 0 amide bonds. The second kappa shape index (κ2) is 3.75. The lowest BCUT2D eigenvalue weighted by Crippen LogP contribution is -2.04. The first-order valence-corrected chi connectivity index (χ1v) is 4.66. The average molecular weight is 226 g/mol. The highest BCUT2D eigenvalue weighted by molar-refractivity contribution is 5.79. The predicted molar refractivity (Wildman–Crippen MR) is 54.6 cm³/mol. The smallest absolute Gasteiger partial charge is 0.326 e. The van der Waals surface area contributed by atoms with Crippen molar-refractivity contribution in [2.24, 2.45) is 5.73 Å². The van der Waals surface area contributed by atoms with Crippen molar-refractivity contribution in [2.45, 2.75) is 12.7 Å². The largest absolute Gasteiger partial charge is 0.416 e. The van der Waals surface area contributed by atoms with Gasteiger partial charge in [0.25, 0.3) is 0 Å². The molecule has 2 N–H and O–H groups in total. The van der Waals surface area contributed by atoms with Crippen LogP contribution in [-0.4, -0.2) is 4.98 Å². The minimum atomic E-state index is -4.33. The molecule has 1 heterocycles. The Bertz CT molecular complexity index is 520. The summed E-state index contributed by atoms with van der Waals surface area (Å²) in [6.07, 6.45) is -2.84. The Balaban J connectivity index is 2.56. The molecule has 5 heteroatoms. The summed E-state index contributed by atoms with van der Waals surface area (Å²) in [7, 11) is 0. The van der Waals surface area contributed by atoms with Gasteiger partial charge in [-0.25, -0.2) is 0 Å². The molecule has 0 saturated heterocycles. The molecular formula is C11H9F3N2. The molecule has 0 fully saturated rings. The fourth-order valence-corrected chi connectivity index (χ4v) is 1.45. The minimum absolute atomic E-state index is 0.323. The van der Waals surface area contributed by atoms with Crippen molar-refractivity contribution < 1.29 is 13.2 Å². The molecule has 0 unspecified atom stereocenters. The van der Waals surface area contributed by atoms with Crippen molar-refractivity contribution in [3.05, 3.63) is 41.6 Å². The fraction of sp³-hybridized carbons (Fsp3) is 0.182. The Kier molecular flexibility index (Phi) is 2.55. The Labute approximate surface area is 89.9 Å². The zero-order chi connectivity index (χ0) is 11.8. The van der Waals surface area contributed by atoms with Gasteiger partial charge >= 0.3 is 6.18 Å². The third-order valence-electron chi connectivity index (χ3n) is 2.30. The number of alkyl halides is 3. The van der Waals surface area contributed by atoms with E-state index < -0.39 is 11.7 Å². The number of aromatic nitrogens is 1. The standard InChI is InChI=1S/C11H9F3N2/c12-11(13,14)9-2-1-8-3-7(5-15)6-16-10(8)4-9/h1-4,6H,5,15H2. The lowest BCUT2D eigenvalue weighted by Gasteiger charge is -2.07. The normalized spacial score (nSPS) is 12.0. The zero-order valence-electron chi connectivity index (χ0n) is 8.25. The fourth-order valence-electron chi connectivity index (χ4n) is 1.45. The van der Waals surface area contributed by atoms with Gasteiger partial charge in [-0.1, -0.05) is 6.07 Å². The van der Waals surface area contributed by atoms with Crippen LogP contribution in [0.15, 0.2) is 30.5 Å². The van der Waals surface area contributed by atoms with E-state index in [1.807, 2.05) is 0 Å². The lowest BCUT2D eigenvalue weighted by atomic mass is 10.1. The van der Waals surface area contributed by atoms with E-state index >= 15 is 0 Å². The molecule has 0 bridgehead atoms. The first-order chi connectivity index (χ1) is 7.50. The number of nitrogens with zero attached hydrogens (tertiary/aromatic N) is 1. The van der Waals surface area contributed by atoms with E-state index in [0.717, 1.165) is 17.7 Å². The lowest BCUT2D eigenvalue weighted by molar-refractivity contribution is -0.137. The van der Waals surface area contributed by atoms with Crippen LogP contribution in [0.2, 0.25) is 0 Å². The number of rotatable bonds is 1. The summed E-state index contributed by atoms with van der Waals surface area (Å²) < 4.78 is 37.2. The van der Waals surface area contributed by atoms with Crippen molar-refractivity contribution in [1.29, 1.82) is 0 Å². The van der Waals surface area contributed by atoms with E-state index in [1.54, 1.807) is 6.07 Å². The van der Waals surface area contributed by atoms with Crippen LogP contribution in [0.25, 0.3) is 10.9 Å². The van der Waals surface area contributed by atoms with Crippen LogP contribution in [-0.2, 0) is 12.7 Å². The van der Waals surface area contributed by atoms with Crippen LogP contribution in [0.3, 0.4) is 0 Å². The van der Waals surface area contributed by atoms with E-state index in [0.29, 0.717) is 17.4 Å². The summed E-state index contributed by atoms with van der Waals surface area (Å²) in [6, 6.07) is 5.23. The molecule has 0 aliphatic heterocycles. The number of benzene rings is 1. The van der Waals surface area contributed by atoms with Crippen molar-refractivity contribution in [3.8, 4) is 0 Å². The van der Waals surface area contributed by atoms with Crippen LogP contribution in [0.4, 0.5) is 13.2 Å². The van der Waals surface area contributed by atoms with Crippen LogP contribution in [0.1, 0.15) is 11.1 Å². The molecule has 0 radical (unpaired) electrons. The summed E-state index contributed by atoms with van der Waals surface area (Å²) in [4.78, 5) is 3.95. The third kappa shape index (κ3) is 1.99. The number of pyridine rings is 1. The first-order valence-electron chi connectivity index (χ1n) is 4.66. The molecule has 1 aromatic carbocycles. The molecule has 2 nitrogen and oxygen atoms in total. The Morgan fingerprint density at radius 2 is 1.94 bits per heavy atom. The molecule has 0 atom stereocenters. The van der Waals surface area contributed by atoms with Crippen molar-refractivity contribution >= 4 is 10.9 Å². The van der Waals surface area contributed by atoms with Crippen LogP contribution < -0.4 is 5.73 Å². The van der Waals surface area contributed by atoms with E-state index in [4.69, 9.17) is 5.73 Å². The highest BCUT2D eigenvalue weighted by Crippen LogP contribution is 2.30. The maximum absolute atomic E-state index is 12.4. The SMILES string of the molecule is NCc1cnc2cc(C(F)(F)F)ccc2c1. The summed E-state index contributed by atoms with van der Waals surface area (Å²) in [6.45, 7) is 0.323. The van der Waals surface area contributed by atoms with Gasteiger partial charge in [0.05, 0.1) is 11.1 Å². The van der Waals surface area contributed by atoms with Gasteiger partial charge in [-0.05, 0) is 23.8 Å². The topological polar surface area (TPSA) is 38.9 Å². The van der Waals surface area contributed by atoms with E-state index in [1.165, 1.54) is 12.3 Å². The van der Waals surface area contributed by atoms with Crippen molar-refractivity contribution in [2.75, 3.05) is 0 Å². The van der Waals surface area contributed by atoms with Crippen molar-refractivity contribution in [3.63, 3.8) is 0 Å². The molecule has 0 spiro atoms.